The smallest absolute Gasteiger partial charge is 0.262 e. The van der Waals surface area contributed by atoms with Crippen molar-refractivity contribution in [3.05, 3.63) is 23.8 Å². The second-order valence-corrected chi connectivity index (χ2v) is 6.10. The third-order valence-corrected chi connectivity index (χ3v) is 4.16. The Morgan fingerprint density at radius 1 is 1.45 bits per heavy atom. The molecule has 1 atom stereocenters. The first-order valence-corrected chi connectivity index (χ1v) is 7.64. The van der Waals surface area contributed by atoms with Crippen molar-refractivity contribution >= 4 is 17.5 Å². The van der Waals surface area contributed by atoms with Crippen LogP contribution in [-0.2, 0) is 4.79 Å². The lowest BCUT2D eigenvalue weighted by Crippen LogP contribution is -2.38. The highest BCUT2D eigenvalue weighted by molar-refractivity contribution is 5.99. The van der Waals surface area contributed by atoms with Gasteiger partial charge in [0.25, 0.3) is 11.8 Å². The van der Waals surface area contributed by atoms with E-state index in [1.165, 1.54) is 0 Å². The van der Waals surface area contributed by atoms with Gasteiger partial charge in [0.1, 0.15) is 5.75 Å². The van der Waals surface area contributed by atoms with Gasteiger partial charge in [-0.15, -0.1) is 0 Å². The SMILES string of the molecule is CC(C)N1CC[C@H](NC(=O)c2ccc3c(c2)OCC(=O)N3)C1. The molecule has 1 saturated heterocycles. The number of fused-ring (bicyclic) bond motifs is 1. The van der Waals surface area contributed by atoms with Crippen molar-refractivity contribution in [1.29, 1.82) is 0 Å². The number of rotatable bonds is 3. The van der Waals surface area contributed by atoms with Crippen molar-refractivity contribution in [3.8, 4) is 5.75 Å². The number of ether oxygens (including phenoxy) is 1. The van der Waals surface area contributed by atoms with Crippen LogP contribution in [0, 0.1) is 0 Å². The van der Waals surface area contributed by atoms with E-state index in [9.17, 15) is 9.59 Å². The third kappa shape index (κ3) is 3.06. The quantitative estimate of drug-likeness (QED) is 0.881. The fourth-order valence-electron chi connectivity index (χ4n) is 2.86. The number of anilines is 1. The van der Waals surface area contributed by atoms with Crippen LogP contribution in [0.2, 0.25) is 0 Å². The molecule has 0 spiro atoms. The molecule has 0 radical (unpaired) electrons. The summed E-state index contributed by atoms with van der Waals surface area (Å²) in [7, 11) is 0. The molecule has 2 heterocycles. The number of nitrogens with zero attached hydrogens (tertiary/aromatic N) is 1. The zero-order valence-electron chi connectivity index (χ0n) is 12.9. The molecule has 0 saturated carbocycles. The highest BCUT2D eigenvalue weighted by Crippen LogP contribution is 2.28. The van der Waals surface area contributed by atoms with Gasteiger partial charge in [0, 0.05) is 30.7 Å². The molecule has 6 nitrogen and oxygen atoms in total. The molecule has 2 aliphatic heterocycles. The molecule has 6 heteroatoms. The van der Waals surface area contributed by atoms with Gasteiger partial charge < -0.3 is 15.4 Å². The number of likely N-dealkylation sites (tertiary alicyclic amines) is 1. The molecule has 2 aliphatic rings. The number of amides is 2. The van der Waals surface area contributed by atoms with E-state index in [4.69, 9.17) is 4.74 Å². The minimum atomic E-state index is -0.176. The fraction of sp³-hybridized carbons (Fsp3) is 0.500. The van der Waals surface area contributed by atoms with E-state index < -0.39 is 0 Å². The van der Waals surface area contributed by atoms with Gasteiger partial charge in [0.2, 0.25) is 0 Å². The summed E-state index contributed by atoms with van der Waals surface area (Å²) in [5.41, 5.74) is 1.16. The maximum absolute atomic E-state index is 12.4. The van der Waals surface area contributed by atoms with Gasteiger partial charge >= 0.3 is 0 Å². The molecule has 0 unspecified atom stereocenters. The van der Waals surface area contributed by atoms with Gasteiger partial charge in [-0.1, -0.05) is 0 Å². The molecular weight excluding hydrogens is 282 g/mol. The van der Waals surface area contributed by atoms with Gasteiger partial charge in [-0.05, 0) is 38.5 Å². The molecule has 1 fully saturated rings. The van der Waals surface area contributed by atoms with Crippen LogP contribution in [0.3, 0.4) is 0 Å². The van der Waals surface area contributed by atoms with Gasteiger partial charge in [-0.2, -0.15) is 0 Å². The van der Waals surface area contributed by atoms with Crippen molar-refractivity contribution in [3.63, 3.8) is 0 Å². The average molecular weight is 303 g/mol. The first kappa shape index (κ1) is 14.8. The fourth-order valence-corrected chi connectivity index (χ4v) is 2.86. The second-order valence-electron chi connectivity index (χ2n) is 6.10. The van der Waals surface area contributed by atoms with Crippen molar-refractivity contribution < 1.29 is 14.3 Å². The first-order chi connectivity index (χ1) is 10.5. The van der Waals surface area contributed by atoms with Gasteiger partial charge in [-0.3, -0.25) is 14.5 Å². The highest BCUT2D eigenvalue weighted by Gasteiger charge is 2.26. The van der Waals surface area contributed by atoms with Gasteiger partial charge in [-0.25, -0.2) is 0 Å². The monoisotopic (exact) mass is 303 g/mol. The number of carbonyl (C=O) groups is 2. The average Bonchev–Trinajstić information content (AvgIpc) is 2.95. The van der Waals surface area contributed by atoms with E-state index in [1.54, 1.807) is 18.2 Å². The van der Waals surface area contributed by atoms with Gasteiger partial charge in [0.05, 0.1) is 5.69 Å². The Labute approximate surface area is 129 Å². The molecule has 0 aliphatic carbocycles. The van der Waals surface area contributed by atoms with E-state index in [-0.39, 0.29) is 24.5 Å². The Morgan fingerprint density at radius 3 is 3.00 bits per heavy atom. The first-order valence-electron chi connectivity index (χ1n) is 7.64. The summed E-state index contributed by atoms with van der Waals surface area (Å²) in [5.74, 6) is 0.269. The summed E-state index contributed by atoms with van der Waals surface area (Å²) in [6, 6.07) is 5.78. The summed E-state index contributed by atoms with van der Waals surface area (Å²) >= 11 is 0. The number of benzene rings is 1. The van der Waals surface area contributed by atoms with Crippen LogP contribution in [0.15, 0.2) is 18.2 Å². The summed E-state index contributed by atoms with van der Waals surface area (Å²) in [4.78, 5) is 26.0. The van der Waals surface area contributed by atoms with Crippen LogP contribution in [-0.4, -0.2) is 48.5 Å². The maximum Gasteiger partial charge on any atom is 0.262 e. The zero-order chi connectivity index (χ0) is 15.7. The highest BCUT2D eigenvalue weighted by atomic mass is 16.5. The summed E-state index contributed by atoms with van der Waals surface area (Å²) in [6.07, 6.45) is 0.974. The molecule has 2 N–H and O–H groups in total. The van der Waals surface area contributed by atoms with Gasteiger partial charge in [0.15, 0.2) is 6.61 Å². The lowest BCUT2D eigenvalue weighted by Gasteiger charge is -2.21. The van der Waals surface area contributed by atoms with Crippen LogP contribution >= 0.6 is 0 Å². The summed E-state index contributed by atoms with van der Waals surface area (Å²) in [5, 5.41) is 5.79. The summed E-state index contributed by atoms with van der Waals surface area (Å²) in [6.45, 7) is 6.23. The summed E-state index contributed by atoms with van der Waals surface area (Å²) < 4.78 is 5.34. The predicted octanol–water partition coefficient (Wildman–Crippen LogP) is 1.23. The van der Waals surface area contributed by atoms with Crippen molar-refractivity contribution in [2.75, 3.05) is 25.0 Å². The Morgan fingerprint density at radius 2 is 2.27 bits per heavy atom. The van der Waals surface area contributed by atoms with E-state index in [0.29, 0.717) is 23.0 Å². The Kier molecular flexibility index (Phi) is 4.02. The van der Waals surface area contributed by atoms with E-state index in [2.05, 4.69) is 29.4 Å². The standard InChI is InChI=1S/C16H21N3O3/c1-10(2)19-6-5-12(8-19)17-16(21)11-3-4-13-14(7-11)22-9-15(20)18-13/h3-4,7,10,12H,5-6,8-9H2,1-2H3,(H,17,21)(H,18,20)/t12-/m0/s1. The molecule has 2 amide bonds. The second kappa shape index (κ2) is 5.96. The van der Waals surface area contributed by atoms with Crippen LogP contribution in [0.4, 0.5) is 5.69 Å². The number of hydrogen-bond donors (Lipinski definition) is 2. The zero-order valence-corrected chi connectivity index (χ0v) is 12.9. The van der Waals surface area contributed by atoms with E-state index in [1.807, 2.05) is 0 Å². The number of nitrogens with one attached hydrogen (secondary N) is 2. The molecule has 118 valence electrons. The van der Waals surface area contributed by atoms with Crippen molar-refractivity contribution in [2.45, 2.75) is 32.4 Å². The van der Waals surface area contributed by atoms with Crippen molar-refractivity contribution in [2.24, 2.45) is 0 Å². The molecule has 1 aromatic carbocycles. The number of carbonyl (C=O) groups excluding carboxylic acids is 2. The molecular formula is C16H21N3O3. The lowest BCUT2D eigenvalue weighted by molar-refractivity contribution is -0.118. The van der Waals surface area contributed by atoms with Crippen molar-refractivity contribution in [1.82, 2.24) is 10.2 Å². The minimum absolute atomic E-state index is 0.00988. The van der Waals surface area contributed by atoms with Crippen LogP contribution < -0.4 is 15.4 Å². The van der Waals surface area contributed by atoms with Crippen LogP contribution in [0.5, 0.6) is 5.75 Å². The molecule has 3 rings (SSSR count). The third-order valence-electron chi connectivity index (χ3n) is 4.16. The Bertz CT molecular complexity index is 600. The van der Waals surface area contributed by atoms with E-state index >= 15 is 0 Å². The maximum atomic E-state index is 12.4. The Balaban J connectivity index is 1.65. The largest absolute Gasteiger partial charge is 0.482 e. The Hall–Kier alpha value is -2.08. The lowest BCUT2D eigenvalue weighted by atomic mass is 10.1. The normalized spacial score (nSPS) is 21.2. The molecule has 22 heavy (non-hydrogen) atoms. The minimum Gasteiger partial charge on any atom is -0.482 e. The molecule has 0 aromatic heterocycles. The van der Waals surface area contributed by atoms with E-state index in [0.717, 1.165) is 19.5 Å². The molecule has 1 aromatic rings. The van der Waals surface area contributed by atoms with Crippen LogP contribution in [0.25, 0.3) is 0 Å². The molecule has 0 bridgehead atoms. The number of hydrogen-bond acceptors (Lipinski definition) is 4. The predicted molar refractivity (Wildman–Crippen MR) is 83.1 cm³/mol. The van der Waals surface area contributed by atoms with Crippen LogP contribution in [0.1, 0.15) is 30.6 Å². The topological polar surface area (TPSA) is 70.7 Å².